The van der Waals surface area contributed by atoms with Gasteiger partial charge in [-0.2, -0.15) is 0 Å². The lowest BCUT2D eigenvalue weighted by Gasteiger charge is -2.06. The van der Waals surface area contributed by atoms with E-state index in [2.05, 4.69) is 5.48 Å². The fraction of sp³-hybridized carbons (Fsp3) is 0.417. The summed E-state index contributed by atoms with van der Waals surface area (Å²) in [4.78, 5) is 16.3. The summed E-state index contributed by atoms with van der Waals surface area (Å²) in [6.45, 7) is 4.99. The summed E-state index contributed by atoms with van der Waals surface area (Å²) in [6.07, 6.45) is 0.965. The number of amides is 1. The number of carbonyl (C=O) groups excluding carboxylic acids is 1. The van der Waals surface area contributed by atoms with E-state index in [0.717, 1.165) is 12.2 Å². The Labute approximate surface area is 95.5 Å². The van der Waals surface area contributed by atoms with Crippen molar-refractivity contribution in [3.05, 3.63) is 29.8 Å². The van der Waals surface area contributed by atoms with Gasteiger partial charge in [0.25, 0.3) is 5.91 Å². The zero-order valence-corrected chi connectivity index (χ0v) is 9.66. The first-order valence-electron chi connectivity index (χ1n) is 5.43. The minimum absolute atomic E-state index is 0.246. The number of benzene rings is 1. The molecule has 0 aromatic heterocycles. The second-order valence-electron chi connectivity index (χ2n) is 3.24. The van der Waals surface area contributed by atoms with E-state index >= 15 is 0 Å². The van der Waals surface area contributed by atoms with E-state index in [-0.39, 0.29) is 5.91 Å². The zero-order chi connectivity index (χ0) is 11.8. The second kappa shape index (κ2) is 6.85. The average molecular weight is 223 g/mol. The van der Waals surface area contributed by atoms with Crippen molar-refractivity contribution in [2.75, 3.05) is 13.2 Å². The molecule has 0 aliphatic carbocycles. The van der Waals surface area contributed by atoms with Crippen molar-refractivity contribution in [3.63, 3.8) is 0 Å². The summed E-state index contributed by atoms with van der Waals surface area (Å²) in [5, 5.41) is 0. The highest BCUT2D eigenvalue weighted by atomic mass is 16.6. The molecule has 4 heteroatoms. The second-order valence-corrected chi connectivity index (χ2v) is 3.24. The molecule has 1 aromatic rings. The predicted octanol–water partition coefficient (Wildman–Crippen LogP) is 2.16. The van der Waals surface area contributed by atoms with Crippen molar-refractivity contribution >= 4 is 5.91 Å². The summed E-state index contributed by atoms with van der Waals surface area (Å²) in [6, 6.07) is 6.96. The predicted molar refractivity (Wildman–Crippen MR) is 61.3 cm³/mol. The topological polar surface area (TPSA) is 47.6 Å². The van der Waals surface area contributed by atoms with E-state index in [1.54, 1.807) is 24.3 Å². The van der Waals surface area contributed by atoms with Crippen LogP contribution in [0, 0.1) is 0 Å². The molecule has 1 amide bonds. The fourth-order valence-electron chi connectivity index (χ4n) is 1.12. The van der Waals surface area contributed by atoms with Crippen LogP contribution in [0.1, 0.15) is 30.6 Å². The van der Waals surface area contributed by atoms with E-state index in [0.29, 0.717) is 18.8 Å². The van der Waals surface area contributed by atoms with Crippen LogP contribution in [0.5, 0.6) is 5.75 Å². The number of nitrogens with one attached hydrogen (secondary N) is 1. The highest BCUT2D eigenvalue weighted by Crippen LogP contribution is 2.12. The Bertz CT molecular complexity index is 322. The maximum Gasteiger partial charge on any atom is 0.274 e. The Hall–Kier alpha value is -1.55. The smallest absolute Gasteiger partial charge is 0.274 e. The van der Waals surface area contributed by atoms with Gasteiger partial charge in [0, 0.05) is 5.56 Å². The van der Waals surface area contributed by atoms with Gasteiger partial charge in [-0.25, -0.2) is 5.48 Å². The molecule has 1 rings (SSSR count). The van der Waals surface area contributed by atoms with Crippen molar-refractivity contribution in [1.29, 1.82) is 0 Å². The van der Waals surface area contributed by atoms with Crippen molar-refractivity contribution in [1.82, 2.24) is 5.48 Å². The molecule has 0 fully saturated rings. The molecule has 0 aliphatic heterocycles. The average Bonchev–Trinajstić information content (AvgIpc) is 2.34. The third-order valence-corrected chi connectivity index (χ3v) is 1.90. The third-order valence-electron chi connectivity index (χ3n) is 1.90. The Morgan fingerprint density at radius 1 is 1.25 bits per heavy atom. The van der Waals surface area contributed by atoms with Crippen LogP contribution in [0.15, 0.2) is 24.3 Å². The van der Waals surface area contributed by atoms with E-state index in [4.69, 9.17) is 9.57 Å². The molecular formula is C12H17NO3. The summed E-state index contributed by atoms with van der Waals surface area (Å²) in [5.74, 6) is 0.527. The van der Waals surface area contributed by atoms with Gasteiger partial charge < -0.3 is 4.74 Å². The van der Waals surface area contributed by atoms with Gasteiger partial charge >= 0.3 is 0 Å². The van der Waals surface area contributed by atoms with Crippen LogP contribution in [0.25, 0.3) is 0 Å². The van der Waals surface area contributed by atoms with Crippen molar-refractivity contribution in [3.8, 4) is 5.75 Å². The molecule has 0 spiro atoms. The van der Waals surface area contributed by atoms with Gasteiger partial charge in [0.15, 0.2) is 0 Å². The van der Waals surface area contributed by atoms with Crippen molar-refractivity contribution < 1.29 is 14.4 Å². The summed E-state index contributed by atoms with van der Waals surface area (Å²) in [7, 11) is 0. The Kier molecular flexibility index (Phi) is 5.36. The van der Waals surface area contributed by atoms with Crippen LogP contribution >= 0.6 is 0 Å². The minimum atomic E-state index is -0.246. The molecule has 0 heterocycles. The molecule has 4 nitrogen and oxygen atoms in total. The van der Waals surface area contributed by atoms with Crippen LogP contribution in [-0.2, 0) is 4.84 Å². The highest BCUT2D eigenvalue weighted by molar-refractivity contribution is 5.93. The lowest BCUT2D eigenvalue weighted by molar-refractivity contribution is 0.0364. The number of hydrogen-bond donors (Lipinski definition) is 1. The lowest BCUT2D eigenvalue weighted by atomic mass is 10.2. The van der Waals surface area contributed by atoms with Crippen molar-refractivity contribution in [2.24, 2.45) is 0 Å². The molecule has 88 valence electrons. The molecule has 1 N–H and O–H groups in total. The van der Waals surface area contributed by atoms with Gasteiger partial charge in [-0.05, 0) is 37.6 Å². The maximum atomic E-state index is 11.5. The number of rotatable bonds is 6. The number of ether oxygens (including phenoxy) is 1. The molecular weight excluding hydrogens is 206 g/mol. The normalized spacial score (nSPS) is 9.88. The van der Waals surface area contributed by atoms with Gasteiger partial charge in [0.2, 0.25) is 0 Å². The lowest BCUT2D eigenvalue weighted by Crippen LogP contribution is -2.23. The van der Waals surface area contributed by atoms with Crippen LogP contribution in [0.2, 0.25) is 0 Å². The molecule has 0 saturated carbocycles. The summed E-state index contributed by atoms with van der Waals surface area (Å²) in [5.41, 5.74) is 2.88. The number of hydroxylamine groups is 1. The van der Waals surface area contributed by atoms with Gasteiger partial charge in [0.1, 0.15) is 5.75 Å². The molecule has 0 atom stereocenters. The first kappa shape index (κ1) is 12.5. The van der Waals surface area contributed by atoms with E-state index in [9.17, 15) is 4.79 Å². The molecule has 0 saturated heterocycles. The van der Waals surface area contributed by atoms with E-state index < -0.39 is 0 Å². The Balaban J connectivity index is 2.53. The van der Waals surface area contributed by atoms with Gasteiger partial charge in [0.05, 0.1) is 13.2 Å². The van der Waals surface area contributed by atoms with Gasteiger partial charge in [-0.15, -0.1) is 0 Å². The van der Waals surface area contributed by atoms with Crippen LogP contribution in [-0.4, -0.2) is 19.1 Å². The molecule has 16 heavy (non-hydrogen) atoms. The van der Waals surface area contributed by atoms with Gasteiger partial charge in [-0.3, -0.25) is 9.63 Å². The van der Waals surface area contributed by atoms with Crippen LogP contribution < -0.4 is 10.2 Å². The number of hydrogen-bond acceptors (Lipinski definition) is 3. The van der Waals surface area contributed by atoms with Crippen LogP contribution in [0.4, 0.5) is 0 Å². The SMILES string of the molecule is CCCOc1ccc(C(=O)NOCC)cc1. The monoisotopic (exact) mass is 223 g/mol. The molecule has 0 bridgehead atoms. The molecule has 0 radical (unpaired) electrons. The largest absolute Gasteiger partial charge is 0.494 e. The highest BCUT2D eigenvalue weighted by Gasteiger charge is 2.04. The fourth-order valence-corrected chi connectivity index (χ4v) is 1.12. The number of carbonyl (C=O) groups is 1. The molecule has 0 aliphatic rings. The summed E-state index contributed by atoms with van der Waals surface area (Å²) >= 11 is 0. The minimum Gasteiger partial charge on any atom is -0.494 e. The third kappa shape index (κ3) is 3.90. The van der Waals surface area contributed by atoms with E-state index in [1.165, 1.54) is 0 Å². The van der Waals surface area contributed by atoms with E-state index in [1.807, 2.05) is 13.8 Å². The first-order valence-corrected chi connectivity index (χ1v) is 5.43. The summed E-state index contributed by atoms with van der Waals surface area (Å²) < 4.78 is 5.41. The zero-order valence-electron chi connectivity index (χ0n) is 9.66. The Morgan fingerprint density at radius 3 is 2.50 bits per heavy atom. The molecule has 1 aromatic carbocycles. The first-order chi connectivity index (χ1) is 7.77. The Morgan fingerprint density at radius 2 is 1.94 bits per heavy atom. The van der Waals surface area contributed by atoms with Crippen LogP contribution in [0.3, 0.4) is 0 Å². The maximum absolute atomic E-state index is 11.5. The standard InChI is InChI=1S/C12H17NO3/c1-3-9-15-11-7-5-10(6-8-11)12(14)13-16-4-2/h5-8H,3-4,9H2,1-2H3,(H,13,14). The van der Waals surface area contributed by atoms with Crippen molar-refractivity contribution in [2.45, 2.75) is 20.3 Å². The van der Waals surface area contributed by atoms with Gasteiger partial charge in [-0.1, -0.05) is 6.92 Å². The quantitative estimate of drug-likeness (QED) is 0.752. The molecule has 0 unspecified atom stereocenters.